The van der Waals surface area contributed by atoms with E-state index in [1.165, 1.54) is 19.4 Å². The molecule has 2 rings (SSSR count). The van der Waals surface area contributed by atoms with Gasteiger partial charge in [-0.2, -0.15) is 0 Å². The van der Waals surface area contributed by atoms with Crippen molar-refractivity contribution in [2.24, 2.45) is 11.7 Å². The Morgan fingerprint density at radius 3 is 2.68 bits per heavy atom. The van der Waals surface area contributed by atoms with Crippen LogP contribution >= 0.6 is 0 Å². The highest BCUT2D eigenvalue weighted by Crippen LogP contribution is 2.26. The fourth-order valence-corrected chi connectivity index (χ4v) is 2.58. The topological polar surface area (TPSA) is 84.1 Å². The Balaban J connectivity index is 2.01. The maximum atomic E-state index is 13.9. The van der Waals surface area contributed by atoms with Gasteiger partial charge in [-0.15, -0.1) is 0 Å². The van der Waals surface area contributed by atoms with E-state index in [0.717, 1.165) is 18.2 Å². The molecule has 0 spiro atoms. The molecule has 0 bridgehead atoms. The van der Waals surface area contributed by atoms with Crippen LogP contribution in [0.4, 0.5) is 14.7 Å². The quantitative estimate of drug-likeness (QED) is 0.766. The average Bonchev–Trinajstić information content (AvgIpc) is 2.99. The van der Waals surface area contributed by atoms with Crippen LogP contribution in [0.15, 0.2) is 48.9 Å². The van der Waals surface area contributed by atoms with E-state index in [2.05, 4.69) is 21.9 Å². The molecule has 2 heterocycles. The second kappa shape index (κ2) is 8.48. The largest absolute Gasteiger partial charge is 0.355 e. The molecule has 3 N–H and O–H groups in total. The zero-order chi connectivity index (χ0) is 18.4. The molecule has 1 unspecified atom stereocenters. The number of rotatable bonds is 6. The highest BCUT2D eigenvalue weighted by Gasteiger charge is 2.32. The van der Waals surface area contributed by atoms with E-state index >= 15 is 0 Å². The van der Waals surface area contributed by atoms with Crippen LogP contribution in [-0.2, 0) is 0 Å². The Bertz CT molecular complexity index is 687. The molecule has 0 aromatic carbocycles. The Morgan fingerprint density at radius 2 is 2.08 bits per heavy atom. The fraction of sp³-hybridized carbons (Fsp3) is 0.353. The minimum atomic E-state index is -0.600. The number of nitrogens with two attached hydrogens (primary N) is 1. The minimum Gasteiger partial charge on any atom is -0.355 e. The summed E-state index contributed by atoms with van der Waals surface area (Å²) in [6.07, 6.45) is 6.09. The lowest BCUT2D eigenvalue weighted by atomic mass is 10.00. The summed E-state index contributed by atoms with van der Waals surface area (Å²) in [7, 11) is 1.53. The summed E-state index contributed by atoms with van der Waals surface area (Å²) in [5, 5.41) is 2.49. The van der Waals surface area contributed by atoms with Gasteiger partial charge in [-0.3, -0.25) is 4.79 Å². The van der Waals surface area contributed by atoms with E-state index in [1.54, 1.807) is 0 Å². The smallest absolute Gasteiger partial charge is 0.254 e. The van der Waals surface area contributed by atoms with Crippen molar-refractivity contribution in [3.8, 4) is 0 Å². The highest BCUT2D eigenvalue weighted by atomic mass is 19.1. The van der Waals surface area contributed by atoms with Crippen LogP contribution in [0.2, 0.25) is 0 Å². The number of carbonyl (C=O) groups excluding carboxylic acids is 1. The molecule has 0 radical (unpaired) electrons. The van der Waals surface area contributed by atoms with Crippen LogP contribution in [0.25, 0.3) is 0 Å². The Labute approximate surface area is 145 Å². The van der Waals surface area contributed by atoms with Gasteiger partial charge in [0.2, 0.25) is 5.95 Å². The summed E-state index contributed by atoms with van der Waals surface area (Å²) in [5.41, 5.74) is 6.43. The first-order valence-electron chi connectivity index (χ1n) is 7.83. The molecular formula is C17H21F2N5O. The third-order valence-electron chi connectivity index (χ3n) is 3.98. The van der Waals surface area contributed by atoms with Crippen molar-refractivity contribution in [2.45, 2.75) is 12.5 Å². The number of hydrogen-bond donors (Lipinski definition) is 2. The maximum absolute atomic E-state index is 13.9. The van der Waals surface area contributed by atoms with Gasteiger partial charge >= 0.3 is 0 Å². The van der Waals surface area contributed by atoms with Crippen LogP contribution < -0.4 is 16.0 Å². The lowest BCUT2D eigenvalue weighted by Gasteiger charge is -2.15. The van der Waals surface area contributed by atoms with Gasteiger partial charge < -0.3 is 16.0 Å². The van der Waals surface area contributed by atoms with E-state index in [9.17, 15) is 13.6 Å². The molecule has 2 atom stereocenters. The number of allylic oxidation sites excluding steroid dienone is 5. The van der Waals surface area contributed by atoms with Crippen molar-refractivity contribution in [3.05, 3.63) is 54.4 Å². The van der Waals surface area contributed by atoms with Crippen LogP contribution in [0, 0.1) is 5.92 Å². The lowest BCUT2D eigenvalue weighted by molar-refractivity contribution is 0.0962. The minimum absolute atomic E-state index is 0.106. The van der Waals surface area contributed by atoms with Crippen molar-refractivity contribution >= 4 is 11.9 Å². The molecule has 1 aliphatic heterocycles. The van der Waals surface area contributed by atoms with E-state index in [1.807, 2.05) is 4.90 Å². The van der Waals surface area contributed by atoms with Crippen molar-refractivity contribution < 1.29 is 13.6 Å². The molecule has 8 heteroatoms. The summed E-state index contributed by atoms with van der Waals surface area (Å²) >= 11 is 0. The first-order valence-corrected chi connectivity index (χ1v) is 7.83. The van der Waals surface area contributed by atoms with Gasteiger partial charge in [0, 0.05) is 45.0 Å². The van der Waals surface area contributed by atoms with Crippen LogP contribution in [0.3, 0.4) is 0 Å². The van der Waals surface area contributed by atoms with Crippen molar-refractivity contribution in [2.75, 3.05) is 25.0 Å². The monoisotopic (exact) mass is 349 g/mol. The summed E-state index contributed by atoms with van der Waals surface area (Å²) in [5.74, 6) is -1.02. The predicted octanol–water partition coefficient (Wildman–Crippen LogP) is 1.88. The predicted molar refractivity (Wildman–Crippen MR) is 92.3 cm³/mol. The first kappa shape index (κ1) is 18.7. The van der Waals surface area contributed by atoms with Crippen molar-refractivity contribution in [3.63, 3.8) is 0 Å². The van der Waals surface area contributed by atoms with E-state index < -0.39 is 11.7 Å². The Morgan fingerprint density at radius 1 is 1.40 bits per heavy atom. The lowest BCUT2D eigenvalue weighted by Crippen LogP contribution is -2.30. The first-order chi connectivity index (χ1) is 11.9. The number of aromatic nitrogens is 2. The normalized spacial score (nSPS) is 21.4. The molecule has 1 fully saturated rings. The molecular weight excluding hydrogens is 328 g/mol. The molecule has 0 saturated carbocycles. The number of hydrogen-bond acceptors (Lipinski definition) is 5. The Hall–Kier alpha value is -2.61. The van der Waals surface area contributed by atoms with Gasteiger partial charge in [-0.05, 0) is 24.1 Å². The number of amides is 1. The number of halogens is 2. The second-order valence-corrected chi connectivity index (χ2v) is 5.75. The molecule has 1 aromatic heterocycles. The molecule has 1 aromatic rings. The zero-order valence-electron chi connectivity index (χ0n) is 14.0. The summed E-state index contributed by atoms with van der Waals surface area (Å²) < 4.78 is 26.8. The number of nitrogens with one attached hydrogen (secondary N) is 1. The molecule has 6 nitrogen and oxygen atoms in total. The van der Waals surface area contributed by atoms with Crippen LogP contribution in [0.1, 0.15) is 16.8 Å². The molecule has 134 valence electrons. The van der Waals surface area contributed by atoms with Gasteiger partial charge in [0.05, 0.1) is 5.56 Å². The van der Waals surface area contributed by atoms with Gasteiger partial charge in [-0.25, -0.2) is 18.7 Å². The highest BCUT2D eigenvalue weighted by molar-refractivity contribution is 5.93. The Kier molecular flexibility index (Phi) is 6.35. The molecule has 25 heavy (non-hydrogen) atoms. The third kappa shape index (κ3) is 4.93. The zero-order valence-corrected chi connectivity index (χ0v) is 14.0. The molecule has 0 aliphatic carbocycles. The number of carbonyl (C=O) groups is 1. The second-order valence-electron chi connectivity index (χ2n) is 5.75. The van der Waals surface area contributed by atoms with Gasteiger partial charge in [0.25, 0.3) is 5.91 Å². The SMILES string of the molecule is C=C/C(F)=C\C=C(\F)CC1CN(c2ncc(C(=O)NC)cn2)C[C@@H]1N. The standard InChI is InChI=1S/C17H21F2N5O/c1-3-13(18)4-5-14(19)6-11-9-24(10-15(11)20)17-22-7-12(8-23-17)16(25)21-2/h3-5,7-8,11,15H,1,6,9-10,20H2,2H3,(H,21,25)/b13-4+,14-5+/t11?,15-/m0/s1. The van der Waals surface area contributed by atoms with Gasteiger partial charge in [0.1, 0.15) is 11.7 Å². The van der Waals surface area contributed by atoms with Gasteiger partial charge in [0.15, 0.2) is 0 Å². The molecule has 1 aliphatic rings. The van der Waals surface area contributed by atoms with Crippen LogP contribution in [-0.4, -0.2) is 42.1 Å². The van der Waals surface area contributed by atoms with Crippen molar-refractivity contribution in [1.82, 2.24) is 15.3 Å². The molecule has 1 amide bonds. The molecule has 1 saturated heterocycles. The van der Waals surface area contributed by atoms with E-state index in [0.29, 0.717) is 24.6 Å². The fourth-order valence-electron chi connectivity index (χ4n) is 2.58. The summed E-state index contributed by atoms with van der Waals surface area (Å²) in [4.78, 5) is 21.7. The van der Waals surface area contributed by atoms with Gasteiger partial charge in [-0.1, -0.05) is 6.58 Å². The number of anilines is 1. The third-order valence-corrected chi connectivity index (χ3v) is 3.98. The van der Waals surface area contributed by atoms with Crippen LogP contribution in [0.5, 0.6) is 0 Å². The summed E-state index contributed by atoms with van der Waals surface area (Å²) in [6.45, 7) is 4.22. The van der Waals surface area contributed by atoms with E-state index in [4.69, 9.17) is 5.73 Å². The van der Waals surface area contributed by atoms with Crippen molar-refractivity contribution in [1.29, 1.82) is 0 Å². The maximum Gasteiger partial charge on any atom is 0.254 e. The summed E-state index contributed by atoms with van der Waals surface area (Å²) in [6, 6.07) is -0.255. The number of nitrogens with zero attached hydrogens (tertiary/aromatic N) is 3. The average molecular weight is 349 g/mol. The van der Waals surface area contributed by atoms with E-state index in [-0.39, 0.29) is 24.3 Å².